The van der Waals surface area contributed by atoms with Crippen LogP contribution in [-0.4, -0.2) is 13.7 Å². The fraction of sp³-hybridized carbons (Fsp3) is 0.310. The van der Waals surface area contributed by atoms with Crippen LogP contribution >= 0.6 is 54.5 Å². The van der Waals surface area contributed by atoms with Crippen molar-refractivity contribution in [2.75, 3.05) is 13.7 Å². The molecule has 3 rings (SSSR count). The van der Waals surface area contributed by atoms with Crippen molar-refractivity contribution in [1.29, 1.82) is 5.26 Å². The molecule has 0 radical (unpaired) electrons. The highest BCUT2D eigenvalue weighted by atomic mass is 79.9. The third-order valence-corrected chi connectivity index (χ3v) is 9.02. The fourth-order valence-corrected chi connectivity index (χ4v) is 6.52. The van der Waals surface area contributed by atoms with Gasteiger partial charge in [0.15, 0.2) is 5.70 Å². The molecular formula is C29H28Br2N2O2S2. The van der Waals surface area contributed by atoms with Crippen LogP contribution < -0.4 is 9.47 Å². The lowest BCUT2D eigenvalue weighted by Gasteiger charge is -2.19. The Kier molecular flexibility index (Phi) is 11.5. The number of benzene rings is 1. The highest BCUT2D eigenvalue weighted by Crippen LogP contribution is 2.40. The Hall–Kier alpha value is -2.36. The van der Waals surface area contributed by atoms with Gasteiger partial charge in [-0.1, -0.05) is 33.1 Å². The van der Waals surface area contributed by atoms with E-state index in [2.05, 4.69) is 56.6 Å². The van der Waals surface area contributed by atoms with Gasteiger partial charge < -0.3 is 9.47 Å². The molecule has 0 amide bonds. The average Bonchev–Trinajstić information content (AvgIpc) is 3.52. The van der Waals surface area contributed by atoms with Gasteiger partial charge in [0.05, 0.1) is 39.5 Å². The molecule has 37 heavy (non-hydrogen) atoms. The van der Waals surface area contributed by atoms with Gasteiger partial charge in [0.2, 0.25) is 0 Å². The second kappa shape index (κ2) is 14.5. The molecule has 0 aliphatic rings. The second-order valence-corrected chi connectivity index (χ2v) is 13.4. The van der Waals surface area contributed by atoms with Crippen molar-refractivity contribution in [3.05, 3.63) is 76.3 Å². The Morgan fingerprint density at radius 1 is 1.05 bits per heavy atom. The molecule has 192 valence electrons. The quantitative estimate of drug-likeness (QED) is 0.144. The van der Waals surface area contributed by atoms with Crippen LogP contribution in [-0.2, 0) is 0 Å². The molecule has 1 unspecified atom stereocenters. The number of hydrogen-bond acceptors (Lipinski definition) is 5. The van der Waals surface area contributed by atoms with Gasteiger partial charge in [0.25, 0.3) is 0 Å². The molecule has 0 N–H and O–H groups in total. The van der Waals surface area contributed by atoms with E-state index in [9.17, 15) is 5.26 Å². The molecular weight excluding hydrogens is 632 g/mol. The van der Waals surface area contributed by atoms with Gasteiger partial charge in [-0.15, -0.1) is 22.7 Å². The van der Waals surface area contributed by atoms with Gasteiger partial charge in [-0.3, -0.25) is 0 Å². The zero-order valence-corrected chi connectivity index (χ0v) is 25.8. The molecule has 1 aromatic carbocycles. The summed E-state index contributed by atoms with van der Waals surface area (Å²) in [5, 5.41) is 10.1. The Morgan fingerprint density at radius 3 is 2.22 bits per heavy atom. The van der Waals surface area contributed by atoms with E-state index in [-0.39, 0.29) is 0 Å². The zero-order valence-electron chi connectivity index (χ0n) is 21.0. The van der Waals surface area contributed by atoms with Gasteiger partial charge in [-0.05, 0) is 92.7 Å². The van der Waals surface area contributed by atoms with E-state index in [1.54, 1.807) is 29.8 Å². The molecule has 0 aliphatic carbocycles. The summed E-state index contributed by atoms with van der Waals surface area (Å²) >= 11 is 10.1. The summed E-state index contributed by atoms with van der Waals surface area (Å²) in [5.41, 5.74) is 2.22. The Morgan fingerprint density at radius 2 is 1.70 bits per heavy atom. The maximum atomic E-state index is 10.1. The van der Waals surface area contributed by atoms with Crippen LogP contribution in [0, 0.1) is 23.8 Å². The molecule has 0 spiro atoms. The number of hydrogen-bond donors (Lipinski definition) is 0. The highest BCUT2D eigenvalue weighted by molar-refractivity contribution is 9.11. The standard InChI is InChI=1S/C29H28Br2N2O2S2/c1-5-7-8-19(6-2)18-35-27-16-24(25(33-3)14-22-10-12-29(31)37-22)26(34-4)15-23(27)20(17-32)13-21-9-11-28(30)36-21/h9-16,19H,5-8,18H2,1-2,4H3/b20-13+,25-14-. The minimum absolute atomic E-state index is 0.417. The van der Waals surface area contributed by atoms with Gasteiger partial charge in [-0.25, -0.2) is 4.85 Å². The van der Waals surface area contributed by atoms with Crippen LogP contribution in [0.25, 0.3) is 28.3 Å². The first-order valence-electron chi connectivity index (χ1n) is 12.0. The SMILES string of the molecule is [C-]#[N+]/C(=C\c1ccc(Br)s1)c1cc(OCC(CC)CCCC)c(/C(C#N)=C/c2ccc(Br)s2)cc1OC. The molecule has 8 heteroatoms. The van der Waals surface area contributed by atoms with Crippen molar-refractivity contribution < 1.29 is 9.47 Å². The maximum absolute atomic E-state index is 10.1. The summed E-state index contributed by atoms with van der Waals surface area (Å²) in [5.74, 6) is 1.52. The number of ether oxygens (including phenoxy) is 2. The second-order valence-electron chi connectivity index (χ2n) is 8.37. The van der Waals surface area contributed by atoms with Gasteiger partial charge >= 0.3 is 0 Å². The summed E-state index contributed by atoms with van der Waals surface area (Å²) in [6.07, 6.45) is 8.12. The Labute approximate surface area is 244 Å². The van der Waals surface area contributed by atoms with Crippen molar-refractivity contribution in [3.63, 3.8) is 0 Å². The van der Waals surface area contributed by atoms with Crippen molar-refractivity contribution in [3.8, 4) is 17.6 Å². The molecule has 0 aliphatic heterocycles. The topological polar surface area (TPSA) is 46.6 Å². The van der Waals surface area contributed by atoms with Crippen LogP contribution in [0.2, 0.25) is 0 Å². The summed E-state index contributed by atoms with van der Waals surface area (Å²) < 4.78 is 14.1. The van der Waals surface area contributed by atoms with Gasteiger partial charge in [0.1, 0.15) is 11.5 Å². The van der Waals surface area contributed by atoms with Gasteiger partial charge in [-0.2, -0.15) is 5.26 Å². The molecule has 0 fully saturated rings. The first-order valence-corrected chi connectivity index (χ1v) is 15.2. The van der Waals surface area contributed by atoms with E-state index in [0.717, 1.165) is 43.0 Å². The lowest BCUT2D eigenvalue weighted by molar-refractivity contribution is 0.232. The average molecular weight is 660 g/mol. The number of thiophene rings is 2. The number of rotatable bonds is 12. The molecule has 3 aromatic rings. The van der Waals surface area contributed by atoms with E-state index in [4.69, 9.17) is 16.0 Å². The minimum atomic E-state index is 0.417. The molecule has 2 aromatic heterocycles. The van der Waals surface area contributed by atoms with E-state index >= 15 is 0 Å². The largest absolute Gasteiger partial charge is 0.497 e. The summed E-state index contributed by atoms with van der Waals surface area (Å²) in [6.45, 7) is 12.8. The van der Waals surface area contributed by atoms with Crippen molar-refractivity contribution in [1.82, 2.24) is 0 Å². The lowest BCUT2D eigenvalue weighted by atomic mass is 9.98. The monoisotopic (exact) mass is 658 g/mol. The van der Waals surface area contributed by atoms with Crippen LogP contribution in [0.5, 0.6) is 11.5 Å². The van der Waals surface area contributed by atoms with Crippen LogP contribution in [0.15, 0.2) is 44.0 Å². The summed E-state index contributed by atoms with van der Waals surface area (Å²) in [6, 6.07) is 13.9. The third kappa shape index (κ3) is 8.06. The van der Waals surface area contributed by atoms with Crippen LogP contribution in [0.4, 0.5) is 0 Å². The highest BCUT2D eigenvalue weighted by Gasteiger charge is 2.20. The van der Waals surface area contributed by atoms with Crippen LogP contribution in [0.1, 0.15) is 60.4 Å². The van der Waals surface area contributed by atoms with Crippen molar-refractivity contribution in [2.24, 2.45) is 5.92 Å². The van der Waals surface area contributed by atoms with Crippen LogP contribution in [0.3, 0.4) is 0 Å². The number of nitriles is 1. The van der Waals surface area contributed by atoms with E-state index < -0.39 is 0 Å². The number of halogens is 2. The molecule has 0 bridgehead atoms. The van der Waals surface area contributed by atoms with E-state index in [0.29, 0.717) is 46.4 Å². The minimum Gasteiger partial charge on any atom is -0.497 e. The zero-order chi connectivity index (χ0) is 26.8. The normalized spacial score (nSPS) is 12.6. The first-order chi connectivity index (χ1) is 17.9. The molecule has 4 nitrogen and oxygen atoms in total. The predicted octanol–water partition coefficient (Wildman–Crippen LogP) is 10.4. The number of allylic oxidation sites excluding steroid dienone is 1. The third-order valence-electron chi connectivity index (χ3n) is 5.88. The van der Waals surface area contributed by atoms with Crippen molar-refractivity contribution in [2.45, 2.75) is 39.5 Å². The Bertz CT molecular complexity index is 1360. The number of unbranched alkanes of at least 4 members (excludes halogenated alkanes) is 1. The molecule has 1 atom stereocenters. The van der Waals surface area contributed by atoms with Gasteiger partial charge in [0, 0.05) is 20.9 Å². The first kappa shape index (κ1) is 29.2. The van der Waals surface area contributed by atoms with E-state index in [1.165, 1.54) is 0 Å². The Balaban J connectivity index is 2.13. The van der Waals surface area contributed by atoms with E-state index in [1.807, 2.05) is 48.6 Å². The molecule has 2 heterocycles. The number of methoxy groups -OCH3 is 1. The summed E-state index contributed by atoms with van der Waals surface area (Å²) in [4.78, 5) is 5.73. The van der Waals surface area contributed by atoms with Crippen molar-refractivity contribution >= 4 is 78.0 Å². The molecule has 0 saturated heterocycles. The molecule has 0 saturated carbocycles. The predicted molar refractivity (Wildman–Crippen MR) is 164 cm³/mol. The maximum Gasteiger partial charge on any atom is 0.199 e. The number of nitrogens with zero attached hydrogens (tertiary/aromatic N) is 2. The summed E-state index contributed by atoms with van der Waals surface area (Å²) in [7, 11) is 1.58. The fourth-order valence-electron chi connectivity index (χ4n) is 3.79. The smallest absolute Gasteiger partial charge is 0.199 e. The lowest BCUT2D eigenvalue weighted by Crippen LogP contribution is -2.12.